The summed E-state index contributed by atoms with van der Waals surface area (Å²) >= 11 is 5.73. The van der Waals surface area contributed by atoms with Gasteiger partial charge >= 0.3 is 12.1 Å². The van der Waals surface area contributed by atoms with Gasteiger partial charge in [0.05, 0.1) is 0 Å². The lowest BCUT2D eigenvalue weighted by atomic mass is 10.2. The highest BCUT2D eigenvalue weighted by Gasteiger charge is 2.38. The Morgan fingerprint density at radius 3 is 2.48 bits per heavy atom. The van der Waals surface area contributed by atoms with Gasteiger partial charge in [-0.25, -0.2) is 13.6 Å². The van der Waals surface area contributed by atoms with Crippen molar-refractivity contribution in [2.24, 2.45) is 0 Å². The first-order valence-corrected chi connectivity index (χ1v) is 9.50. The third kappa shape index (κ3) is 7.55. The second-order valence-corrected chi connectivity index (χ2v) is 7.18. The molecule has 0 aliphatic carbocycles. The van der Waals surface area contributed by atoms with Crippen molar-refractivity contribution in [2.45, 2.75) is 25.7 Å². The quantitative estimate of drug-likeness (QED) is 0.643. The minimum absolute atomic E-state index is 0.0542. The molecule has 1 atom stereocenters. The highest BCUT2D eigenvalue weighted by Crippen LogP contribution is 2.27. The first kappa shape index (κ1) is 24.7. The van der Waals surface area contributed by atoms with Gasteiger partial charge in [-0.1, -0.05) is 17.7 Å². The number of halogens is 6. The smallest absolute Gasteiger partial charge is 0.486 e. The molecule has 1 aliphatic rings. The number of hydrogen-bond acceptors (Lipinski definition) is 4. The van der Waals surface area contributed by atoms with Crippen LogP contribution in [0.2, 0.25) is 5.02 Å². The molecule has 0 spiro atoms. The third-order valence-corrected chi connectivity index (χ3v) is 4.52. The Morgan fingerprint density at radius 1 is 1.23 bits per heavy atom. The summed E-state index contributed by atoms with van der Waals surface area (Å²) in [6.45, 7) is 4.63. The van der Waals surface area contributed by atoms with Crippen LogP contribution in [-0.2, 0) is 11.4 Å². The summed E-state index contributed by atoms with van der Waals surface area (Å²) in [5.41, 5.74) is 1.23. The number of anilines is 1. The van der Waals surface area contributed by atoms with E-state index in [0.717, 1.165) is 25.3 Å². The molecule has 3 rings (SSSR count). The topological polar surface area (TPSA) is 61.8 Å². The van der Waals surface area contributed by atoms with Crippen molar-refractivity contribution in [3.05, 3.63) is 58.6 Å². The Bertz CT molecular complexity index is 911. The number of piperazine rings is 1. The molecule has 2 aromatic rings. The average molecular weight is 467 g/mol. The van der Waals surface area contributed by atoms with E-state index in [4.69, 9.17) is 26.2 Å². The zero-order chi connectivity index (χ0) is 23.2. The molecule has 0 radical (unpaired) electrons. The van der Waals surface area contributed by atoms with Gasteiger partial charge in [0.2, 0.25) is 0 Å². The van der Waals surface area contributed by atoms with Gasteiger partial charge in [0.15, 0.2) is 11.6 Å². The molecule has 170 valence electrons. The predicted octanol–water partition coefficient (Wildman–Crippen LogP) is 4.63. The van der Waals surface area contributed by atoms with E-state index in [1.54, 1.807) is 18.2 Å². The Hall–Kier alpha value is -2.59. The van der Waals surface area contributed by atoms with Crippen molar-refractivity contribution in [1.82, 2.24) is 5.32 Å². The van der Waals surface area contributed by atoms with Crippen molar-refractivity contribution in [1.29, 1.82) is 0 Å². The number of rotatable bonds is 4. The van der Waals surface area contributed by atoms with Gasteiger partial charge in [-0.15, -0.1) is 0 Å². The molecular weight excluding hydrogens is 447 g/mol. The van der Waals surface area contributed by atoms with Gasteiger partial charge < -0.3 is 20.1 Å². The molecule has 0 bridgehead atoms. The summed E-state index contributed by atoms with van der Waals surface area (Å²) in [6, 6.07) is 9.50. The summed E-state index contributed by atoms with van der Waals surface area (Å²) in [4.78, 5) is 11.1. The number of carboxylic acid groups (broad SMARTS) is 1. The van der Waals surface area contributed by atoms with E-state index < -0.39 is 23.8 Å². The average Bonchev–Trinajstić information content (AvgIpc) is 2.68. The first-order chi connectivity index (χ1) is 14.5. The molecule has 2 N–H and O–H groups in total. The van der Waals surface area contributed by atoms with E-state index in [1.165, 1.54) is 18.2 Å². The molecule has 31 heavy (non-hydrogen) atoms. The van der Waals surface area contributed by atoms with Crippen LogP contribution >= 0.6 is 11.6 Å². The minimum atomic E-state index is -5.08. The van der Waals surface area contributed by atoms with Crippen LogP contribution in [0.1, 0.15) is 12.5 Å². The predicted molar refractivity (Wildman–Crippen MR) is 106 cm³/mol. The molecule has 1 fully saturated rings. The maximum absolute atomic E-state index is 14.0. The number of alkyl halides is 3. The van der Waals surface area contributed by atoms with Gasteiger partial charge in [-0.2, -0.15) is 13.2 Å². The zero-order valence-electron chi connectivity index (χ0n) is 16.3. The Kier molecular flexibility index (Phi) is 8.46. The molecule has 2 aromatic carbocycles. The van der Waals surface area contributed by atoms with Crippen molar-refractivity contribution < 1.29 is 36.6 Å². The fourth-order valence-corrected chi connectivity index (χ4v) is 2.92. The lowest BCUT2D eigenvalue weighted by Gasteiger charge is -2.33. The van der Waals surface area contributed by atoms with Crippen LogP contribution in [0.4, 0.5) is 27.6 Å². The summed E-state index contributed by atoms with van der Waals surface area (Å²) in [5.74, 6) is -3.56. The number of carbonyl (C=O) groups is 1. The second kappa shape index (κ2) is 10.6. The molecular formula is C20H20ClF5N2O3. The highest BCUT2D eigenvalue weighted by molar-refractivity contribution is 6.30. The summed E-state index contributed by atoms with van der Waals surface area (Å²) in [6.07, 6.45) is -5.08. The van der Waals surface area contributed by atoms with Gasteiger partial charge in [-0.3, -0.25) is 0 Å². The molecule has 11 heteroatoms. The van der Waals surface area contributed by atoms with E-state index in [-0.39, 0.29) is 12.4 Å². The van der Waals surface area contributed by atoms with E-state index in [2.05, 4.69) is 17.1 Å². The summed E-state index contributed by atoms with van der Waals surface area (Å²) < 4.78 is 65.0. The fourth-order valence-electron chi connectivity index (χ4n) is 2.76. The zero-order valence-corrected chi connectivity index (χ0v) is 17.1. The standard InChI is InChI=1S/C18H19ClF2N2O.C2HF3O2/c1-12-10-23(7-6-22-12)15-4-5-16(20)18(9-15)24-11-13-2-3-14(19)8-17(13)21;3-2(4,5)1(6)7/h2-5,8-9,12,22H,6-7,10-11H2,1H3;(H,6,7)/t12-;/m0./s1. The largest absolute Gasteiger partial charge is 0.490 e. The van der Waals surface area contributed by atoms with Gasteiger partial charge in [-0.05, 0) is 31.2 Å². The van der Waals surface area contributed by atoms with Crippen molar-refractivity contribution >= 4 is 23.3 Å². The van der Waals surface area contributed by atoms with Crippen molar-refractivity contribution in [3.63, 3.8) is 0 Å². The lowest BCUT2D eigenvalue weighted by molar-refractivity contribution is -0.192. The Labute approximate surface area is 180 Å². The molecule has 0 unspecified atom stereocenters. The molecule has 1 aliphatic heterocycles. The van der Waals surface area contributed by atoms with Crippen molar-refractivity contribution in [3.8, 4) is 5.75 Å². The maximum Gasteiger partial charge on any atom is 0.490 e. The number of carboxylic acids is 1. The molecule has 1 saturated heterocycles. The monoisotopic (exact) mass is 466 g/mol. The molecule has 1 heterocycles. The number of nitrogens with one attached hydrogen (secondary N) is 1. The number of nitrogens with zero attached hydrogens (tertiary/aromatic N) is 1. The van der Waals surface area contributed by atoms with Crippen LogP contribution in [0.3, 0.4) is 0 Å². The van der Waals surface area contributed by atoms with Crippen LogP contribution in [0.25, 0.3) is 0 Å². The number of benzene rings is 2. The third-order valence-electron chi connectivity index (χ3n) is 4.29. The van der Waals surface area contributed by atoms with Crippen LogP contribution in [0, 0.1) is 11.6 Å². The van der Waals surface area contributed by atoms with Crippen LogP contribution in [0.5, 0.6) is 5.75 Å². The molecule has 0 amide bonds. The van der Waals surface area contributed by atoms with E-state index in [1.807, 2.05) is 0 Å². The second-order valence-electron chi connectivity index (χ2n) is 6.74. The van der Waals surface area contributed by atoms with Gasteiger partial charge in [0.25, 0.3) is 0 Å². The first-order valence-electron chi connectivity index (χ1n) is 9.12. The summed E-state index contributed by atoms with van der Waals surface area (Å²) in [5, 5.41) is 10.8. The minimum Gasteiger partial charge on any atom is -0.486 e. The van der Waals surface area contributed by atoms with Crippen LogP contribution in [-0.4, -0.2) is 42.9 Å². The normalized spacial score (nSPS) is 16.4. The van der Waals surface area contributed by atoms with E-state index in [9.17, 15) is 22.0 Å². The molecule has 0 saturated carbocycles. The van der Waals surface area contributed by atoms with Gasteiger partial charge in [0.1, 0.15) is 12.4 Å². The summed E-state index contributed by atoms with van der Waals surface area (Å²) in [7, 11) is 0. The SMILES string of the molecule is C[C@H]1CN(c2ccc(F)c(OCc3ccc(Cl)cc3F)c2)CCN1.O=C(O)C(F)(F)F. The number of aliphatic carboxylic acids is 1. The van der Waals surface area contributed by atoms with Crippen LogP contribution in [0.15, 0.2) is 36.4 Å². The van der Waals surface area contributed by atoms with E-state index >= 15 is 0 Å². The lowest BCUT2D eigenvalue weighted by Crippen LogP contribution is -2.49. The van der Waals surface area contributed by atoms with Crippen molar-refractivity contribution in [2.75, 3.05) is 24.5 Å². The number of hydrogen-bond donors (Lipinski definition) is 2. The Balaban J connectivity index is 0.000000423. The highest BCUT2D eigenvalue weighted by atomic mass is 35.5. The van der Waals surface area contributed by atoms with E-state index in [0.29, 0.717) is 16.6 Å². The molecule has 5 nitrogen and oxygen atoms in total. The number of ether oxygens (including phenoxy) is 1. The van der Waals surface area contributed by atoms with Gasteiger partial charge in [0, 0.05) is 48.0 Å². The molecule has 0 aromatic heterocycles. The Morgan fingerprint density at radius 2 is 1.90 bits per heavy atom. The van der Waals surface area contributed by atoms with Crippen LogP contribution < -0.4 is 15.0 Å². The fraction of sp³-hybridized carbons (Fsp3) is 0.350. The maximum atomic E-state index is 14.0.